The maximum Gasteiger partial charge on any atom is 0.263 e. The molecule has 0 aliphatic carbocycles. The van der Waals surface area contributed by atoms with E-state index in [1.807, 2.05) is 0 Å². The predicted molar refractivity (Wildman–Crippen MR) is 99.2 cm³/mol. The molecule has 1 heterocycles. The summed E-state index contributed by atoms with van der Waals surface area (Å²) in [6.45, 7) is 1.61. The molecule has 1 aromatic heterocycles. The smallest absolute Gasteiger partial charge is 0.263 e. The van der Waals surface area contributed by atoms with E-state index in [-0.39, 0.29) is 15.6 Å². The van der Waals surface area contributed by atoms with Crippen molar-refractivity contribution in [3.8, 4) is 5.69 Å². The maximum absolute atomic E-state index is 14.2. The van der Waals surface area contributed by atoms with Crippen LogP contribution in [0.15, 0.2) is 46.2 Å². The number of aryl methyl sites for hydroxylation is 1. The van der Waals surface area contributed by atoms with Crippen molar-refractivity contribution in [2.45, 2.75) is 16.7 Å². The number of sulfonamides is 1. The minimum Gasteiger partial charge on any atom is -0.277 e. The zero-order chi connectivity index (χ0) is 20.7. The third-order valence-corrected chi connectivity index (χ3v) is 6.64. The minimum absolute atomic E-state index is 0.215. The molecule has 0 amide bonds. The SMILES string of the molecule is Cc1nnnn1-c1ccc(F)c(NS(=O)(=O)c2cc(S(C)(=O)=O)ccc2Cl)c1. The van der Waals surface area contributed by atoms with Gasteiger partial charge in [0.25, 0.3) is 10.0 Å². The lowest BCUT2D eigenvalue weighted by Gasteiger charge is -2.12. The first-order valence-corrected chi connectivity index (χ1v) is 11.3. The lowest BCUT2D eigenvalue weighted by Crippen LogP contribution is -2.16. The van der Waals surface area contributed by atoms with E-state index < -0.39 is 30.6 Å². The van der Waals surface area contributed by atoms with E-state index in [9.17, 15) is 21.2 Å². The number of hydrogen-bond donors (Lipinski definition) is 1. The van der Waals surface area contributed by atoms with Gasteiger partial charge in [0.1, 0.15) is 10.7 Å². The van der Waals surface area contributed by atoms with Crippen LogP contribution in [0.25, 0.3) is 5.69 Å². The number of benzene rings is 2. The Kier molecular flexibility index (Phi) is 5.12. The summed E-state index contributed by atoms with van der Waals surface area (Å²) in [6, 6.07) is 6.84. The molecule has 0 radical (unpaired) electrons. The Morgan fingerprint density at radius 3 is 2.43 bits per heavy atom. The quantitative estimate of drug-likeness (QED) is 0.636. The zero-order valence-corrected chi connectivity index (χ0v) is 16.8. The van der Waals surface area contributed by atoms with E-state index >= 15 is 0 Å². The van der Waals surface area contributed by atoms with Crippen LogP contribution in [0.1, 0.15) is 5.82 Å². The molecule has 148 valence electrons. The Bertz CT molecular complexity index is 1280. The van der Waals surface area contributed by atoms with Crippen molar-refractivity contribution >= 4 is 37.1 Å². The van der Waals surface area contributed by atoms with Crippen LogP contribution in [0.4, 0.5) is 10.1 Å². The molecule has 0 aliphatic heterocycles. The van der Waals surface area contributed by atoms with Gasteiger partial charge in [-0.15, -0.1) is 5.10 Å². The summed E-state index contributed by atoms with van der Waals surface area (Å²) in [6.07, 6.45) is 0.928. The molecule has 13 heteroatoms. The average Bonchev–Trinajstić information content (AvgIpc) is 3.02. The molecule has 3 rings (SSSR count). The monoisotopic (exact) mass is 445 g/mol. The van der Waals surface area contributed by atoms with Gasteiger partial charge in [0, 0.05) is 6.26 Å². The summed E-state index contributed by atoms with van der Waals surface area (Å²) < 4.78 is 66.4. The number of aromatic nitrogens is 4. The van der Waals surface area contributed by atoms with Gasteiger partial charge in [0.05, 0.1) is 21.3 Å². The second-order valence-electron chi connectivity index (χ2n) is 5.77. The van der Waals surface area contributed by atoms with Crippen molar-refractivity contribution in [2.24, 2.45) is 0 Å². The molecule has 2 aromatic carbocycles. The molecule has 1 N–H and O–H groups in total. The molecular formula is C15H13ClFN5O4S2. The van der Waals surface area contributed by atoms with E-state index in [2.05, 4.69) is 20.2 Å². The number of anilines is 1. The summed E-state index contributed by atoms with van der Waals surface area (Å²) in [5.74, 6) is -0.447. The van der Waals surface area contributed by atoms with Gasteiger partial charge in [0.15, 0.2) is 15.7 Å². The topological polar surface area (TPSA) is 124 Å². The molecular weight excluding hydrogens is 433 g/mol. The Hall–Kier alpha value is -2.57. The summed E-state index contributed by atoms with van der Waals surface area (Å²) >= 11 is 5.93. The number of sulfone groups is 1. The van der Waals surface area contributed by atoms with Crippen molar-refractivity contribution in [2.75, 3.05) is 11.0 Å². The van der Waals surface area contributed by atoms with Gasteiger partial charge < -0.3 is 0 Å². The fraction of sp³-hybridized carbons (Fsp3) is 0.133. The standard InChI is InChI=1S/C15H13ClFN5O4S2/c1-9-18-20-21-22(9)10-3-6-13(17)14(7-10)19-28(25,26)15-8-11(27(2,23)24)4-5-12(15)16/h3-8,19H,1-2H3. The lowest BCUT2D eigenvalue weighted by molar-refractivity contribution is 0.597. The normalized spacial score (nSPS) is 12.1. The fourth-order valence-corrected chi connectivity index (χ4v) is 4.62. The largest absolute Gasteiger partial charge is 0.277 e. The minimum atomic E-state index is -4.39. The molecule has 9 nitrogen and oxygen atoms in total. The molecule has 0 saturated carbocycles. The van der Waals surface area contributed by atoms with Gasteiger partial charge in [0.2, 0.25) is 0 Å². The van der Waals surface area contributed by atoms with Gasteiger partial charge in [-0.1, -0.05) is 11.6 Å². The zero-order valence-electron chi connectivity index (χ0n) is 14.5. The highest BCUT2D eigenvalue weighted by molar-refractivity contribution is 7.93. The number of halogens is 2. The maximum atomic E-state index is 14.2. The van der Waals surface area contributed by atoms with E-state index in [4.69, 9.17) is 11.6 Å². The molecule has 0 aliphatic rings. The highest BCUT2D eigenvalue weighted by Crippen LogP contribution is 2.28. The van der Waals surface area contributed by atoms with E-state index in [0.717, 1.165) is 24.5 Å². The molecule has 3 aromatic rings. The molecule has 28 heavy (non-hydrogen) atoms. The van der Waals surface area contributed by atoms with Gasteiger partial charge in [-0.25, -0.2) is 21.2 Å². The van der Waals surface area contributed by atoms with Gasteiger partial charge in [-0.3, -0.25) is 4.72 Å². The second kappa shape index (κ2) is 7.11. The van der Waals surface area contributed by atoms with Crippen LogP contribution in [0, 0.1) is 12.7 Å². The summed E-state index contributed by atoms with van der Waals surface area (Å²) in [7, 11) is -8.07. The van der Waals surface area contributed by atoms with Gasteiger partial charge in [-0.2, -0.15) is 4.68 Å². The molecule has 0 unspecified atom stereocenters. The van der Waals surface area contributed by atoms with Crippen LogP contribution >= 0.6 is 11.6 Å². The van der Waals surface area contributed by atoms with Crippen molar-refractivity contribution < 1.29 is 21.2 Å². The van der Waals surface area contributed by atoms with Crippen molar-refractivity contribution in [3.05, 3.63) is 53.1 Å². The van der Waals surface area contributed by atoms with Crippen LogP contribution in [0.5, 0.6) is 0 Å². The molecule has 0 fully saturated rings. The van der Waals surface area contributed by atoms with Crippen LogP contribution in [0.2, 0.25) is 5.02 Å². The summed E-state index contributed by atoms with van der Waals surface area (Å²) in [5.41, 5.74) is -0.0641. The lowest BCUT2D eigenvalue weighted by atomic mass is 10.2. The number of tetrazole rings is 1. The molecule has 0 atom stereocenters. The number of nitrogens with zero attached hydrogens (tertiary/aromatic N) is 4. The van der Waals surface area contributed by atoms with Gasteiger partial charge >= 0.3 is 0 Å². The average molecular weight is 446 g/mol. The molecule has 0 bridgehead atoms. The molecule has 0 saturated heterocycles. The predicted octanol–water partition coefficient (Wildman–Crippen LogP) is 1.97. The fourth-order valence-electron chi connectivity index (χ4n) is 2.31. The number of nitrogens with one attached hydrogen (secondary N) is 1. The van der Waals surface area contributed by atoms with Crippen LogP contribution < -0.4 is 4.72 Å². The molecule has 0 spiro atoms. The highest BCUT2D eigenvalue weighted by Gasteiger charge is 2.23. The third-order valence-electron chi connectivity index (χ3n) is 3.68. The first-order chi connectivity index (χ1) is 13.0. The first-order valence-electron chi connectivity index (χ1n) is 7.56. The first kappa shape index (κ1) is 20.2. The summed E-state index contributed by atoms with van der Waals surface area (Å²) in [4.78, 5) is -0.740. The second-order valence-corrected chi connectivity index (χ2v) is 9.85. The van der Waals surface area contributed by atoms with Crippen LogP contribution in [0.3, 0.4) is 0 Å². The third kappa shape index (κ3) is 3.98. The highest BCUT2D eigenvalue weighted by atomic mass is 35.5. The Balaban J connectivity index is 2.05. The van der Waals surface area contributed by atoms with E-state index in [0.29, 0.717) is 11.5 Å². The van der Waals surface area contributed by atoms with Gasteiger partial charge in [-0.05, 0) is 53.7 Å². The summed E-state index contributed by atoms with van der Waals surface area (Å²) in [5, 5.41) is 10.7. The van der Waals surface area contributed by atoms with E-state index in [1.54, 1.807) is 6.92 Å². The Morgan fingerprint density at radius 2 is 1.82 bits per heavy atom. The van der Waals surface area contributed by atoms with Crippen molar-refractivity contribution in [1.29, 1.82) is 0 Å². The van der Waals surface area contributed by atoms with Crippen LogP contribution in [-0.4, -0.2) is 43.3 Å². The number of hydrogen-bond acceptors (Lipinski definition) is 7. The Labute approximate surface area is 165 Å². The van der Waals surface area contributed by atoms with Crippen molar-refractivity contribution in [1.82, 2.24) is 20.2 Å². The van der Waals surface area contributed by atoms with E-state index in [1.165, 1.54) is 22.9 Å². The van der Waals surface area contributed by atoms with Crippen LogP contribution in [-0.2, 0) is 19.9 Å². The Morgan fingerprint density at radius 1 is 1.11 bits per heavy atom. The van der Waals surface area contributed by atoms with Crippen molar-refractivity contribution in [3.63, 3.8) is 0 Å². The number of rotatable bonds is 5.